The SMILES string of the molecule is Cc1c([N+](=O)[O-])cc(-c2nccc3cc(CN4C(=O)C5C(C4=O)C5(C)C)sc23)n1C[C@H]1CNCCO1.Cl. The number of nitrogens with one attached hydrogen (secondary N) is 1. The Bertz CT molecular complexity index is 1400. The Balaban J connectivity index is 0.00000280. The molecule has 1 saturated carbocycles. The molecule has 1 N–H and O–H groups in total. The molecule has 5 heterocycles. The maximum atomic E-state index is 12.8. The highest BCUT2D eigenvalue weighted by atomic mass is 35.5. The van der Waals surface area contributed by atoms with Gasteiger partial charge in [-0.05, 0) is 29.9 Å². The van der Waals surface area contributed by atoms with Gasteiger partial charge in [-0.3, -0.25) is 29.6 Å². The van der Waals surface area contributed by atoms with Gasteiger partial charge in [0.05, 0.1) is 58.6 Å². The number of carbonyl (C=O) groups is 2. The quantitative estimate of drug-likeness (QED) is 0.286. The first-order chi connectivity index (χ1) is 17.2. The number of carbonyl (C=O) groups excluding carboxylic acids is 2. The van der Waals surface area contributed by atoms with Gasteiger partial charge in [-0.15, -0.1) is 23.7 Å². The Morgan fingerprint density at radius 3 is 2.65 bits per heavy atom. The molecular formula is C25H28ClN5O5S. The Morgan fingerprint density at radius 1 is 1.27 bits per heavy atom. The molecule has 6 rings (SSSR count). The van der Waals surface area contributed by atoms with E-state index in [1.165, 1.54) is 16.2 Å². The summed E-state index contributed by atoms with van der Waals surface area (Å²) in [5, 5.41) is 16.0. The summed E-state index contributed by atoms with van der Waals surface area (Å²) in [5.41, 5.74) is 1.65. The smallest absolute Gasteiger partial charge is 0.290 e. The van der Waals surface area contributed by atoms with E-state index in [9.17, 15) is 19.7 Å². The van der Waals surface area contributed by atoms with Crippen LogP contribution in [0.25, 0.3) is 21.5 Å². The molecule has 37 heavy (non-hydrogen) atoms. The average molecular weight is 546 g/mol. The van der Waals surface area contributed by atoms with Crippen molar-refractivity contribution in [1.29, 1.82) is 0 Å². The molecule has 2 saturated heterocycles. The van der Waals surface area contributed by atoms with Gasteiger partial charge in [0.15, 0.2) is 0 Å². The summed E-state index contributed by atoms with van der Waals surface area (Å²) in [6.45, 7) is 8.44. The maximum absolute atomic E-state index is 12.8. The van der Waals surface area contributed by atoms with Gasteiger partial charge in [0.1, 0.15) is 5.69 Å². The van der Waals surface area contributed by atoms with E-state index in [4.69, 9.17) is 4.74 Å². The van der Waals surface area contributed by atoms with Gasteiger partial charge in [-0.1, -0.05) is 13.8 Å². The second-order valence-corrected chi connectivity index (χ2v) is 11.5. The first-order valence-electron chi connectivity index (χ1n) is 12.1. The number of hydrogen-bond donors (Lipinski definition) is 1. The van der Waals surface area contributed by atoms with Gasteiger partial charge in [0, 0.05) is 30.2 Å². The van der Waals surface area contributed by atoms with Crippen LogP contribution in [0.4, 0.5) is 5.69 Å². The summed E-state index contributed by atoms with van der Waals surface area (Å²) in [4.78, 5) is 43.9. The van der Waals surface area contributed by atoms with Crippen molar-refractivity contribution in [2.45, 2.75) is 40.0 Å². The van der Waals surface area contributed by atoms with Crippen LogP contribution in [0.15, 0.2) is 24.4 Å². The van der Waals surface area contributed by atoms with E-state index in [2.05, 4.69) is 10.3 Å². The zero-order chi connectivity index (χ0) is 25.4. The van der Waals surface area contributed by atoms with Crippen LogP contribution in [0, 0.1) is 34.3 Å². The molecule has 3 atom stereocenters. The van der Waals surface area contributed by atoms with Gasteiger partial charge in [0.25, 0.3) is 5.69 Å². The first-order valence-corrected chi connectivity index (χ1v) is 12.9. The van der Waals surface area contributed by atoms with Gasteiger partial charge in [-0.25, -0.2) is 0 Å². The number of imide groups is 1. The minimum atomic E-state index is -0.368. The summed E-state index contributed by atoms with van der Waals surface area (Å²) in [7, 11) is 0. The van der Waals surface area contributed by atoms with Crippen LogP contribution in [0.3, 0.4) is 0 Å². The van der Waals surface area contributed by atoms with E-state index in [0.29, 0.717) is 36.8 Å². The molecule has 2 amide bonds. The summed E-state index contributed by atoms with van der Waals surface area (Å²) in [6, 6.07) is 5.44. The number of rotatable bonds is 6. The predicted octanol–water partition coefficient (Wildman–Crippen LogP) is 3.53. The van der Waals surface area contributed by atoms with Crippen LogP contribution in [-0.4, -0.2) is 57.0 Å². The zero-order valence-corrected chi connectivity index (χ0v) is 22.4. The summed E-state index contributed by atoms with van der Waals surface area (Å²) >= 11 is 1.47. The lowest BCUT2D eigenvalue weighted by Gasteiger charge is -2.25. The van der Waals surface area contributed by atoms with Crippen molar-refractivity contribution in [3.8, 4) is 11.4 Å². The van der Waals surface area contributed by atoms with E-state index in [1.54, 1.807) is 19.2 Å². The monoisotopic (exact) mass is 545 g/mol. The minimum Gasteiger partial charge on any atom is -0.374 e. The molecule has 2 unspecified atom stereocenters. The third kappa shape index (κ3) is 4.04. The number of nitro groups is 1. The number of amides is 2. The van der Waals surface area contributed by atoms with E-state index in [0.717, 1.165) is 21.5 Å². The third-order valence-corrected chi connectivity index (χ3v) is 9.00. The zero-order valence-electron chi connectivity index (χ0n) is 20.7. The molecule has 10 nitrogen and oxygen atoms in total. The second-order valence-electron chi connectivity index (χ2n) is 10.4. The molecule has 196 valence electrons. The Morgan fingerprint density at radius 2 is 2.00 bits per heavy atom. The van der Waals surface area contributed by atoms with Crippen molar-refractivity contribution < 1.29 is 19.2 Å². The number of pyridine rings is 1. The van der Waals surface area contributed by atoms with Crippen molar-refractivity contribution in [1.82, 2.24) is 19.8 Å². The standard InChI is InChI=1S/C25H27N5O5S.ClH/c1-13-17(30(33)34)9-18(28(13)11-15-10-26-6-7-35-15)21-22-14(4-5-27-21)8-16(36-22)12-29-23(31)19-20(24(29)32)25(19,2)3;/h4-5,8-9,15,19-20,26H,6-7,10-12H2,1-3H3;1H/t15-,19?,20?;/m1./s1. The van der Waals surface area contributed by atoms with Crippen molar-refractivity contribution in [2.75, 3.05) is 19.7 Å². The van der Waals surface area contributed by atoms with Gasteiger partial charge < -0.3 is 14.6 Å². The summed E-state index contributed by atoms with van der Waals surface area (Å²) in [6.07, 6.45) is 1.58. The highest BCUT2D eigenvalue weighted by Gasteiger charge is 2.72. The first kappa shape index (κ1) is 25.8. The number of ether oxygens (including phenoxy) is 1. The van der Waals surface area contributed by atoms with Crippen molar-refractivity contribution in [2.24, 2.45) is 17.3 Å². The van der Waals surface area contributed by atoms with Gasteiger partial charge in [-0.2, -0.15) is 0 Å². The molecule has 2 aliphatic heterocycles. The molecule has 3 aromatic heterocycles. The lowest BCUT2D eigenvalue weighted by atomic mass is 10.1. The van der Waals surface area contributed by atoms with Gasteiger partial charge in [0.2, 0.25) is 11.8 Å². The highest BCUT2D eigenvalue weighted by molar-refractivity contribution is 7.19. The highest BCUT2D eigenvalue weighted by Crippen LogP contribution is 2.63. The van der Waals surface area contributed by atoms with E-state index < -0.39 is 0 Å². The molecule has 3 aliphatic rings. The number of halogens is 1. The van der Waals surface area contributed by atoms with Crippen LogP contribution in [0.5, 0.6) is 0 Å². The number of likely N-dealkylation sites (tertiary alicyclic amines) is 1. The number of aromatic nitrogens is 2. The lowest BCUT2D eigenvalue weighted by Crippen LogP contribution is -2.41. The fourth-order valence-electron chi connectivity index (χ4n) is 5.78. The van der Waals surface area contributed by atoms with E-state index in [1.807, 2.05) is 30.5 Å². The largest absolute Gasteiger partial charge is 0.374 e. The predicted molar refractivity (Wildman–Crippen MR) is 141 cm³/mol. The van der Waals surface area contributed by atoms with Crippen LogP contribution in [0.2, 0.25) is 0 Å². The van der Waals surface area contributed by atoms with E-state index in [-0.39, 0.29) is 64.7 Å². The van der Waals surface area contributed by atoms with E-state index >= 15 is 0 Å². The van der Waals surface area contributed by atoms with Crippen molar-refractivity contribution in [3.05, 3.63) is 45.1 Å². The van der Waals surface area contributed by atoms with Crippen molar-refractivity contribution >= 4 is 51.3 Å². The number of nitrogens with zero attached hydrogens (tertiary/aromatic N) is 4. The number of thiophene rings is 1. The molecule has 0 aromatic carbocycles. The molecule has 3 fully saturated rings. The normalized spacial score (nSPS) is 24.3. The molecule has 1 aliphatic carbocycles. The van der Waals surface area contributed by atoms with Gasteiger partial charge >= 0.3 is 0 Å². The summed E-state index contributed by atoms with van der Waals surface area (Å²) in [5.74, 6) is -0.598. The third-order valence-electron chi connectivity index (χ3n) is 7.86. The molecule has 0 bridgehead atoms. The van der Waals surface area contributed by atoms with Crippen molar-refractivity contribution in [3.63, 3.8) is 0 Å². The molecule has 0 spiro atoms. The Kier molecular flexibility index (Phi) is 6.38. The Labute approximate surface area is 223 Å². The van der Waals surface area contributed by atoms with Crippen LogP contribution < -0.4 is 5.32 Å². The maximum Gasteiger partial charge on any atom is 0.290 e. The fourth-order valence-corrected chi connectivity index (χ4v) is 6.92. The number of morpholine rings is 1. The van der Waals surface area contributed by atoms with Crippen LogP contribution in [-0.2, 0) is 27.4 Å². The molecule has 3 aromatic rings. The fraction of sp³-hybridized carbons (Fsp3) is 0.480. The molecule has 12 heteroatoms. The topological polar surface area (TPSA) is 120 Å². The average Bonchev–Trinajstić information content (AvgIpc) is 3.14. The van der Waals surface area contributed by atoms with Crippen LogP contribution in [0.1, 0.15) is 24.4 Å². The second kappa shape index (κ2) is 9.16. The lowest BCUT2D eigenvalue weighted by molar-refractivity contribution is -0.385. The van der Waals surface area contributed by atoms with Crippen LogP contribution >= 0.6 is 23.7 Å². The molecular weight excluding hydrogens is 518 g/mol. The Hall–Kier alpha value is -2.86. The number of piperidine rings is 1. The summed E-state index contributed by atoms with van der Waals surface area (Å²) < 4.78 is 8.66. The number of hydrogen-bond acceptors (Lipinski definition) is 8. The molecule has 0 radical (unpaired) electrons. The number of fused-ring (bicyclic) bond motifs is 2. The minimum absolute atomic E-state index is 0.